The molecule has 0 spiro atoms. The molecule has 4 rings (SSSR count). The van der Waals surface area contributed by atoms with Crippen LogP contribution in [0.25, 0.3) is 16.9 Å². The van der Waals surface area contributed by atoms with Crippen LogP contribution in [0.15, 0.2) is 15.8 Å². The van der Waals surface area contributed by atoms with Gasteiger partial charge in [0.25, 0.3) is 5.56 Å². The number of carbonyl (C=O) groups excluding carboxylic acids is 1. The largest absolute Gasteiger partial charge is 0.332 e. The van der Waals surface area contributed by atoms with E-state index in [0.29, 0.717) is 28.9 Å². The van der Waals surface area contributed by atoms with E-state index < -0.39 is 11.2 Å². The van der Waals surface area contributed by atoms with E-state index in [1.807, 2.05) is 13.1 Å². The van der Waals surface area contributed by atoms with E-state index in [9.17, 15) is 14.4 Å². The van der Waals surface area contributed by atoms with Crippen LogP contribution in [0.4, 0.5) is 0 Å². The van der Waals surface area contributed by atoms with Crippen LogP contribution < -0.4 is 11.2 Å². The van der Waals surface area contributed by atoms with Crippen molar-refractivity contribution in [2.75, 3.05) is 0 Å². The maximum Gasteiger partial charge on any atom is 0.332 e. The molecule has 2 unspecified atom stereocenters. The Balaban J connectivity index is 2.00. The standard InChI is InChI=1S/C21H29N5O3/c1-12-7-15(9-21(4,5)8-12)26-13(2)10-24-16-17(22-19(24)26)23(6)20(29)25(18(16)28)11-14(3)27/h10,12,15H,7-9,11H2,1-6H3. The predicted molar refractivity (Wildman–Crippen MR) is 111 cm³/mol. The summed E-state index contributed by atoms with van der Waals surface area (Å²) in [6, 6.07) is 0.291. The van der Waals surface area contributed by atoms with Crippen LogP contribution in [0.5, 0.6) is 0 Å². The number of aromatic nitrogens is 5. The molecule has 0 saturated heterocycles. The summed E-state index contributed by atoms with van der Waals surface area (Å²) in [5.74, 6) is 1.05. The summed E-state index contributed by atoms with van der Waals surface area (Å²) in [4.78, 5) is 42.0. The van der Waals surface area contributed by atoms with Crippen LogP contribution in [0, 0.1) is 18.3 Å². The van der Waals surface area contributed by atoms with Crippen LogP contribution in [0.1, 0.15) is 58.7 Å². The summed E-state index contributed by atoms with van der Waals surface area (Å²) in [7, 11) is 1.59. The highest BCUT2D eigenvalue weighted by Crippen LogP contribution is 2.44. The molecular formula is C21H29N5O3. The Morgan fingerprint density at radius 2 is 1.97 bits per heavy atom. The fourth-order valence-corrected chi connectivity index (χ4v) is 5.33. The number of fused-ring (bicyclic) bond motifs is 3. The third-order valence-corrected chi connectivity index (χ3v) is 6.18. The van der Waals surface area contributed by atoms with Crippen molar-refractivity contribution >= 4 is 22.7 Å². The number of hydrogen-bond donors (Lipinski definition) is 0. The van der Waals surface area contributed by atoms with Gasteiger partial charge in [0.1, 0.15) is 5.78 Å². The second kappa shape index (κ2) is 6.43. The molecule has 1 aliphatic carbocycles. The number of Topliss-reactive ketones (excluding diaryl/α,β-unsaturated/α-hetero) is 1. The third-order valence-electron chi connectivity index (χ3n) is 6.18. The minimum atomic E-state index is -0.519. The first-order valence-electron chi connectivity index (χ1n) is 10.2. The number of hydrogen-bond acceptors (Lipinski definition) is 4. The molecule has 1 fully saturated rings. The van der Waals surface area contributed by atoms with Crippen molar-refractivity contribution in [2.45, 2.75) is 66.5 Å². The van der Waals surface area contributed by atoms with Crippen LogP contribution in [0.2, 0.25) is 0 Å². The molecule has 3 heterocycles. The quantitative estimate of drug-likeness (QED) is 0.677. The van der Waals surface area contributed by atoms with Gasteiger partial charge in [0.15, 0.2) is 11.2 Å². The molecule has 29 heavy (non-hydrogen) atoms. The van der Waals surface area contributed by atoms with Gasteiger partial charge in [-0.25, -0.2) is 4.79 Å². The molecule has 2 atom stereocenters. The minimum absolute atomic E-state index is 0.233. The Hall–Kier alpha value is -2.64. The number of aryl methyl sites for hydroxylation is 2. The van der Waals surface area contributed by atoms with Crippen molar-refractivity contribution < 1.29 is 4.79 Å². The molecule has 0 bridgehead atoms. The van der Waals surface area contributed by atoms with E-state index >= 15 is 0 Å². The maximum absolute atomic E-state index is 13.1. The summed E-state index contributed by atoms with van der Waals surface area (Å²) in [6.07, 6.45) is 5.21. The van der Waals surface area contributed by atoms with Gasteiger partial charge in [-0.05, 0) is 44.4 Å². The molecule has 0 radical (unpaired) electrons. The summed E-state index contributed by atoms with van der Waals surface area (Å²) < 4.78 is 6.36. The van der Waals surface area contributed by atoms with E-state index in [4.69, 9.17) is 4.98 Å². The smallest absolute Gasteiger partial charge is 0.311 e. The molecule has 0 amide bonds. The van der Waals surface area contributed by atoms with Gasteiger partial charge in [-0.1, -0.05) is 20.8 Å². The minimum Gasteiger partial charge on any atom is -0.311 e. The third kappa shape index (κ3) is 3.05. The molecule has 1 saturated carbocycles. The average Bonchev–Trinajstić information content (AvgIpc) is 3.09. The Labute approximate surface area is 168 Å². The molecule has 8 nitrogen and oxygen atoms in total. The topological polar surface area (TPSA) is 83.3 Å². The fraction of sp³-hybridized carbons (Fsp3) is 0.619. The number of carbonyl (C=O) groups is 1. The zero-order chi connectivity index (χ0) is 21.2. The van der Waals surface area contributed by atoms with Crippen LogP contribution in [-0.4, -0.2) is 28.9 Å². The number of rotatable bonds is 3. The van der Waals surface area contributed by atoms with Gasteiger partial charge >= 0.3 is 5.69 Å². The summed E-state index contributed by atoms with van der Waals surface area (Å²) in [5.41, 5.74) is 0.980. The monoisotopic (exact) mass is 399 g/mol. The predicted octanol–water partition coefficient (Wildman–Crippen LogP) is 2.43. The van der Waals surface area contributed by atoms with Gasteiger partial charge in [-0.2, -0.15) is 4.98 Å². The zero-order valence-corrected chi connectivity index (χ0v) is 18.0. The second-order valence-electron chi connectivity index (χ2n) is 9.60. The number of nitrogens with zero attached hydrogens (tertiary/aromatic N) is 5. The average molecular weight is 399 g/mol. The Morgan fingerprint density at radius 3 is 2.59 bits per heavy atom. The Bertz CT molecular complexity index is 1250. The van der Waals surface area contributed by atoms with Crippen LogP contribution in [0.3, 0.4) is 0 Å². The molecule has 3 aromatic heterocycles. The van der Waals surface area contributed by atoms with Gasteiger partial charge in [-0.15, -0.1) is 0 Å². The van der Waals surface area contributed by atoms with E-state index in [0.717, 1.165) is 23.1 Å². The lowest BCUT2D eigenvalue weighted by atomic mass is 9.70. The zero-order valence-electron chi connectivity index (χ0n) is 18.0. The summed E-state index contributed by atoms with van der Waals surface area (Å²) in [6.45, 7) is 10.1. The molecule has 156 valence electrons. The van der Waals surface area contributed by atoms with Crippen molar-refractivity contribution in [1.29, 1.82) is 0 Å². The Kier molecular flexibility index (Phi) is 4.36. The Morgan fingerprint density at radius 1 is 1.28 bits per heavy atom. The maximum atomic E-state index is 13.1. The highest BCUT2D eigenvalue weighted by atomic mass is 16.2. The van der Waals surface area contributed by atoms with Gasteiger partial charge in [0.05, 0.1) is 6.54 Å². The molecule has 0 aromatic carbocycles. The normalized spacial score (nSPS) is 21.9. The van der Waals surface area contributed by atoms with Crippen LogP contribution in [-0.2, 0) is 18.4 Å². The summed E-state index contributed by atoms with van der Waals surface area (Å²) in [5, 5.41) is 0. The summed E-state index contributed by atoms with van der Waals surface area (Å²) >= 11 is 0. The second-order valence-corrected chi connectivity index (χ2v) is 9.60. The molecular weight excluding hydrogens is 370 g/mol. The van der Waals surface area contributed by atoms with E-state index in [-0.39, 0.29) is 17.7 Å². The van der Waals surface area contributed by atoms with Crippen molar-refractivity contribution in [3.05, 3.63) is 32.7 Å². The number of ketones is 1. The van der Waals surface area contributed by atoms with Gasteiger partial charge in [-0.3, -0.25) is 23.1 Å². The van der Waals surface area contributed by atoms with Gasteiger partial charge in [0.2, 0.25) is 5.78 Å². The SMILES string of the molecule is CC(=O)Cn1c(=O)c2c(nc3n(C4CC(C)CC(C)(C)C4)c(C)cn23)n(C)c1=O. The first-order valence-corrected chi connectivity index (χ1v) is 10.2. The van der Waals surface area contributed by atoms with Crippen molar-refractivity contribution in [1.82, 2.24) is 23.1 Å². The van der Waals surface area contributed by atoms with E-state index in [1.165, 1.54) is 17.9 Å². The molecule has 1 aliphatic rings. The highest BCUT2D eigenvalue weighted by molar-refractivity contribution is 5.78. The lowest BCUT2D eigenvalue weighted by Gasteiger charge is -2.39. The fourth-order valence-electron chi connectivity index (χ4n) is 5.33. The first-order chi connectivity index (χ1) is 13.5. The van der Waals surface area contributed by atoms with Gasteiger partial charge < -0.3 is 4.57 Å². The van der Waals surface area contributed by atoms with Gasteiger partial charge in [0, 0.05) is 25.0 Å². The molecule has 0 N–H and O–H groups in total. The lowest BCUT2D eigenvalue weighted by molar-refractivity contribution is -0.117. The number of imidazole rings is 2. The van der Waals surface area contributed by atoms with E-state index in [2.05, 4.69) is 25.3 Å². The molecule has 3 aromatic rings. The highest BCUT2D eigenvalue weighted by Gasteiger charge is 2.34. The van der Waals surface area contributed by atoms with E-state index in [1.54, 1.807) is 11.4 Å². The first kappa shape index (κ1) is 19.7. The van der Waals surface area contributed by atoms with Crippen molar-refractivity contribution in [2.24, 2.45) is 18.4 Å². The molecule has 0 aliphatic heterocycles. The molecule has 8 heteroatoms. The van der Waals surface area contributed by atoms with Crippen molar-refractivity contribution in [3.63, 3.8) is 0 Å². The lowest BCUT2D eigenvalue weighted by Crippen LogP contribution is -2.40. The van der Waals surface area contributed by atoms with Crippen LogP contribution >= 0.6 is 0 Å². The van der Waals surface area contributed by atoms with Crippen molar-refractivity contribution in [3.8, 4) is 0 Å².